The van der Waals surface area contributed by atoms with Gasteiger partial charge in [0.1, 0.15) is 24.7 Å². The number of hydroxylamine groups is 2. The van der Waals surface area contributed by atoms with E-state index >= 15 is 0 Å². The fourth-order valence-corrected chi connectivity index (χ4v) is 6.80. The zero-order valence-electron chi connectivity index (χ0n) is 26.1. The van der Waals surface area contributed by atoms with Crippen molar-refractivity contribution in [2.75, 3.05) is 0 Å². The number of ether oxygens (including phenoxy) is 2. The molecular weight excluding hydrogens is 606 g/mol. The van der Waals surface area contributed by atoms with E-state index in [9.17, 15) is 9.90 Å². The van der Waals surface area contributed by atoms with Crippen LogP contribution in [0.25, 0.3) is 22.1 Å². The largest absolute Gasteiger partial charge is 0.487 e. The normalized spacial score (nSPS) is 18.8. The van der Waals surface area contributed by atoms with Crippen molar-refractivity contribution in [3.63, 3.8) is 0 Å². The molecule has 0 radical (unpaired) electrons. The maximum atomic E-state index is 11.4. The van der Waals surface area contributed by atoms with Gasteiger partial charge in [-0.2, -0.15) is 0 Å². The first-order valence-corrected chi connectivity index (χ1v) is 16.1. The topological polar surface area (TPSA) is 123 Å². The molecule has 2 atom stereocenters. The van der Waals surface area contributed by atoms with Crippen molar-refractivity contribution in [1.82, 2.24) is 25.0 Å². The number of carboxylic acids is 1. The van der Waals surface area contributed by atoms with E-state index in [0.717, 1.165) is 70.6 Å². The zero-order chi connectivity index (χ0) is 32.5. The molecule has 0 spiro atoms. The van der Waals surface area contributed by atoms with Crippen LogP contribution in [0.2, 0.25) is 0 Å². The Morgan fingerprint density at radius 2 is 1.17 bits per heavy atom. The molecule has 1 saturated heterocycles. The quantitative estimate of drug-likeness (QED) is 0.164. The van der Waals surface area contributed by atoms with E-state index in [0.29, 0.717) is 13.2 Å². The third kappa shape index (κ3) is 6.03. The fraction of sp³-hybridized carbons (Fsp3) is 0.237. The zero-order valence-corrected chi connectivity index (χ0v) is 26.1. The molecule has 1 aliphatic heterocycles. The Morgan fingerprint density at radius 1 is 0.708 bits per heavy atom. The van der Waals surface area contributed by atoms with Crippen LogP contribution in [0.3, 0.4) is 0 Å². The van der Waals surface area contributed by atoms with Crippen molar-refractivity contribution in [2.45, 2.75) is 56.6 Å². The highest BCUT2D eigenvalue weighted by Gasteiger charge is 2.51. The van der Waals surface area contributed by atoms with E-state index in [1.807, 2.05) is 72.8 Å². The Hall–Kier alpha value is -5.45. The number of nitrogens with zero attached hydrogens (tertiary/aromatic N) is 5. The molecule has 240 valence electrons. The Kier molecular flexibility index (Phi) is 7.87. The number of fused-ring (bicyclic) bond motifs is 2. The fourth-order valence-electron chi connectivity index (χ4n) is 6.80. The lowest BCUT2D eigenvalue weighted by Gasteiger charge is -2.41. The van der Waals surface area contributed by atoms with Gasteiger partial charge in [-0.25, -0.2) is 14.8 Å². The monoisotopic (exact) mass is 639 g/mol. The molecule has 1 aliphatic carbocycles. The molecule has 2 aliphatic rings. The van der Waals surface area contributed by atoms with Crippen LogP contribution in [0.4, 0.5) is 0 Å². The lowest BCUT2D eigenvalue weighted by Crippen LogP contribution is -2.38. The summed E-state index contributed by atoms with van der Waals surface area (Å²) in [5, 5.41) is 11.0. The number of carboxylic acid groups (broad SMARTS) is 1. The molecule has 0 bridgehead atoms. The Morgan fingerprint density at radius 3 is 1.60 bits per heavy atom. The maximum absolute atomic E-state index is 11.4. The number of hydrogen-bond acceptors (Lipinski definition) is 9. The van der Waals surface area contributed by atoms with Crippen LogP contribution >= 0.6 is 0 Å². The van der Waals surface area contributed by atoms with Crippen LogP contribution < -0.4 is 9.47 Å². The summed E-state index contributed by atoms with van der Waals surface area (Å²) >= 11 is 0. The summed E-state index contributed by atoms with van der Waals surface area (Å²) in [5.74, 6) is 0.558. The first-order chi connectivity index (χ1) is 23.5. The van der Waals surface area contributed by atoms with Gasteiger partial charge in [-0.05, 0) is 85.3 Å². The highest BCUT2D eigenvalue weighted by atomic mass is 16.8. The van der Waals surface area contributed by atoms with Gasteiger partial charge in [-0.3, -0.25) is 14.8 Å². The summed E-state index contributed by atoms with van der Waals surface area (Å²) in [6.45, 7) is 0.633. The first kappa shape index (κ1) is 29.9. The summed E-state index contributed by atoms with van der Waals surface area (Å²) in [4.78, 5) is 35.1. The van der Waals surface area contributed by atoms with E-state index in [4.69, 9.17) is 14.3 Å². The Bertz CT molecular complexity index is 1950. The van der Waals surface area contributed by atoms with E-state index in [1.165, 1.54) is 11.1 Å². The average molecular weight is 640 g/mol. The second-order valence-corrected chi connectivity index (χ2v) is 12.3. The average Bonchev–Trinajstić information content (AvgIpc) is 3.95. The molecule has 3 heterocycles. The Balaban J connectivity index is 0.993. The van der Waals surface area contributed by atoms with Crippen LogP contribution in [0, 0.1) is 0 Å². The van der Waals surface area contributed by atoms with Crippen molar-refractivity contribution >= 4 is 28.0 Å². The lowest BCUT2D eigenvalue weighted by atomic mass is 9.64. The smallest absolute Gasteiger partial charge is 0.352 e. The number of hydrogen-bond donors (Lipinski definition) is 1. The summed E-state index contributed by atoms with van der Waals surface area (Å²) in [6.07, 6.45) is 5.95. The minimum Gasteiger partial charge on any atom is -0.487 e. The third-order valence-corrected chi connectivity index (χ3v) is 9.37. The maximum Gasteiger partial charge on any atom is 0.352 e. The van der Waals surface area contributed by atoms with Crippen LogP contribution in [0.1, 0.15) is 48.2 Å². The third-order valence-electron chi connectivity index (χ3n) is 9.37. The van der Waals surface area contributed by atoms with Gasteiger partial charge >= 0.3 is 5.97 Å². The molecule has 1 saturated carbocycles. The molecule has 6 aromatic rings. The predicted octanol–water partition coefficient (Wildman–Crippen LogP) is 6.62. The minimum atomic E-state index is -0.942. The van der Waals surface area contributed by atoms with Gasteiger partial charge in [-0.1, -0.05) is 48.5 Å². The van der Waals surface area contributed by atoms with Gasteiger partial charge in [0.05, 0.1) is 45.8 Å². The number of carbonyl (C=O) groups is 1. The summed E-state index contributed by atoms with van der Waals surface area (Å²) in [7, 11) is 0. The summed E-state index contributed by atoms with van der Waals surface area (Å²) in [5.41, 5.74) is 7.01. The molecular formula is C38H33N5O5. The van der Waals surface area contributed by atoms with Crippen LogP contribution in [0.15, 0.2) is 109 Å². The van der Waals surface area contributed by atoms with E-state index in [2.05, 4.69) is 44.2 Å². The second-order valence-electron chi connectivity index (χ2n) is 12.3. The summed E-state index contributed by atoms with van der Waals surface area (Å²) in [6, 6.07) is 32.2. The van der Waals surface area contributed by atoms with Crippen molar-refractivity contribution in [2.24, 2.45) is 0 Å². The molecule has 0 amide bonds. The van der Waals surface area contributed by atoms with Gasteiger partial charge in [0, 0.05) is 11.5 Å². The van der Waals surface area contributed by atoms with Crippen LogP contribution in [-0.2, 0) is 28.3 Å². The van der Waals surface area contributed by atoms with Gasteiger partial charge in [-0.15, -0.1) is 5.06 Å². The lowest BCUT2D eigenvalue weighted by molar-refractivity contribution is -0.138. The van der Waals surface area contributed by atoms with Crippen molar-refractivity contribution in [1.29, 1.82) is 0 Å². The van der Waals surface area contributed by atoms with Crippen molar-refractivity contribution < 1.29 is 24.2 Å². The van der Waals surface area contributed by atoms with Gasteiger partial charge in [0.25, 0.3) is 6.23 Å². The standard InChI is InChI=1S/C38H33N5O5/c44-37(45)36-43(48-36)29-17-19-38(20-18-29,25-9-13-30(14-10-25)46-23-27-21-39-32-5-1-3-7-34(32)41-27)26-11-15-31(16-12-26)47-24-28-22-40-33-6-2-4-8-35(33)42-28/h1-16,21-22,29,36H,17-20,23-24H2,(H,44,45). The van der Waals surface area contributed by atoms with Gasteiger partial charge < -0.3 is 14.6 Å². The number of aromatic nitrogens is 4. The number of benzene rings is 4. The van der Waals surface area contributed by atoms with E-state index in [-0.39, 0.29) is 11.5 Å². The Labute approximate surface area is 276 Å². The highest BCUT2D eigenvalue weighted by molar-refractivity contribution is 5.74. The highest BCUT2D eigenvalue weighted by Crippen LogP contribution is 2.48. The van der Waals surface area contributed by atoms with Crippen LogP contribution in [-0.4, -0.2) is 48.3 Å². The molecule has 8 rings (SSSR count). The first-order valence-electron chi connectivity index (χ1n) is 16.1. The van der Waals surface area contributed by atoms with Crippen molar-refractivity contribution in [3.05, 3.63) is 132 Å². The molecule has 1 N–H and O–H groups in total. The SMILES string of the molecule is O=C(O)C1ON1C1CCC(c2ccc(OCc3cnc4ccccc4n3)cc2)(c2ccc(OCc3cnc4ccccc4n3)cc2)CC1. The molecule has 48 heavy (non-hydrogen) atoms. The van der Waals surface area contributed by atoms with Crippen molar-refractivity contribution in [3.8, 4) is 11.5 Å². The summed E-state index contributed by atoms with van der Waals surface area (Å²) < 4.78 is 12.2. The molecule has 10 nitrogen and oxygen atoms in total. The van der Waals surface area contributed by atoms with Gasteiger partial charge in [0.15, 0.2) is 0 Å². The number of rotatable bonds is 10. The molecule has 2 unspecified atom stereocenters. The van der Waals surface area contributed by atoms with E-state index in [1.54, 1.807) is 17.5 Å². The van der Waals surface area contributed by atoms with Crippen LogP contribution in [0.5, 0.6) is 11.5 Å². The number of aliphatic carboxylic acids is 1. The predicted molar refractivity (Wildman–Crippen MR) is 178 cm³/mol. The van der Waals surface area contributed by atoms with E-state index < -0.39 is 12.2 Å². The molecule has 4 aromatic carbocycles. The molecule has 2 fully saturated rings. The second kappa shape index (κ2) is 12.6. The molecule has 10 heteroatoms. The van der Waals surface area contributed by atoms with Gasteiger partial charge in [0.2, 0.25) is 0 Å². The molecule has 2 aromatic heterocycles. The number of para-hydroxylation sites is 4. The minimum absolute atomic E-state index is 0.0653.